The maximum absolute atomic E-state index is 15.0. The van der Waals surface area contributed by atoms with Crippen LogP contribution in [0.25, 0.3) is 16.8 Å². The molecule has 4 heterocycles. The first-order valence-corrected chi connectivity index (χ1v) is 10.3. The topological polar surface area (TPSA) is 107 Å². The van der Waals surface area contributed by atoms with Gasteiger partial charge in [-0.1, -0.05) is 5.21 Å². The highest BCUT2D eigenvalue weighted by molar-refractivity contribution is 5.90. The Labute approximate surface area is 187 Å². The van der Waals surface area contributed by atoms with Crippen molar-refractivity contribution in [3.63, 3.8) is 0 Å². The van der Waals surface area contributed by atoms with Crippen LogP contribution in [0.15, 0.2) is 55.1 Å². The summed E-state index contributed by atoms with van der Waals surface area (Å²) in [6.45, 7) is 2.31. The Morgan fingerprint density at radius 2 is 2.15 bits per heavy atom. The number of hydrogen-bond donors (Lipinski definition) is 1. The molecule has 33 heavy (non-hydrogen) atoms. The number of carbonyl (C=O) groups excluding carboxylic acids is 2. The van der Waals surface area contributed by atoms with E-state index in [4.69, 9.17) is 4.74 Å². The molecule has 2 amide bonds. The molecule has 10 nitrogen and oxygen atoms in total. The lowest BCUT2D eigenvalue weighted by Gasteiger charge is -2.14. The van der Waals surface area contributed by atoms with Gasteiger partial charge in [0.1, 0.15) is 17.6 Å². The fourth-order valence-electron chi connectivity index (χ4n) is 3.77. The van der Waals surface area contributed by atoms with E-state index in [0.717, 1.165) is 11.3 Å². The van der Waals surface area contributed by atoms with Gasteiger partial charge >= 0.3 is 6.09 Å². The average molecular weight is 449 g/mol. The van der Waals surface area contributed by atoms with Crippen LogP contribution in [-0.2, 0) is 16.1 Å². The van der Waals surface area contributed by atoms with Gasteiger partial charge in [0.05, 0.1) is 37.2 Å². The van der Waals surface area contributed by atoms with Crippen molar-refractivity contribution in [1.29, 1.82) is 0 Å². The minimum absolute atomic E-state index is 0.208. The molecular formula is C22H20FN7O3. The fraction of sp³-hybridized carbons (Fsp3) is 0.227. The molecule has 0 bridgehead atoms. The van der Waals surface area contributed by atoms with Crippen molar-refractivity contribution in [2.45, 2.75) is 19.6 Å². The molecule has 1 aliphatic rings. The van der Waals surface area contributed by atoms with Crippen molar-refractivity contribution >= 4 is 23.3 Å². The summed E-state index contributed by atoms with van der Waals surface area (Å²) in [7, 11) is 0. The van der Waals surface area contributed by atoms with Crippen LogP contribution in [-0.4, -0.2) is 55.6 Å². The number of halogens is 1. The van der Waals surface area contributed by atoms with E-state index >= 15 is 4.39 Å². The van der Waals surface area contributed by atoms with Gasteiger partial charge < -0.3 is 14.5 Å². The zero-order valence-electron chi connectivity index (χ0n) is 17.7. The molecule has 11 heteroatoms. The molecule has 1 atom stereocenters. The van der Waals surface area contributed by atoms with Gasteiger partial charge in [0.2, 0.25) is 5.91 Å². The van der Waals surface area contributed by atoms with Crippen molar-refractivity contribution in [3.8, 4) is 11.1 Å². The van der Waals surface area contributed by atoms with Crippen molar-refractivity contribution in [2.24, 2.45) is 0 Å². The smallest absolute Gasteiger partial charge is 0.414 e. The number of aromatic nitrogens is 5. The van der Waals surface area contributed by atoms with Gasteiger partial charge in [0.25, 0.3) is 0 Å². The van der Waals surface area contributed by atoms with E-state index in [1.807, 2.05) is 16.7 Å². The van der Waals surface area contributed by atoms with Crippen LogP contribution in [0.5, 0.6) is 0 Å². The number of imidazole rings is 1. The Morgan fingerprint density at radius 3 is 2.91 bits per heavy atom. The first kappa shape index (κ1) is 20.6. The molecule has 0 unspecified atom stereocenters. The van der Waals surface area contributed by atoms with Gasteiger partial charge in [0, 0.05) is 36.6 Å². The molecule has 0 radical (unpaired) electrons. The first-order valence-electron chi connectivity index (χ1n) is 10.3. The summed E-state index contributed by atoms with van der Waals surface area (Å²) in [6.07, 6.45) is 5.97. The fourth-order valence-corrected chi connectivity index (χ4v) is 3.77. The number of cyclic esters (lactones) is 1. The first-order chi connectivity index (χ1) is 16.0. The van der Waals surface area contributed by atoms with Crippen molar-refractivity contribution in [1.82, 2.24) is 29.7 Å². The summed E-state index contributed by atoms with van der Waals surface area (Å²) < 4.78 is 23.8. The predicted molar refractivity (Wildman–Crippen MR) is 116 cm³/mol. The summed E-state index contributed by atoms with van der Waals surface area (Å²) in [5, 5.41) is 10.3. The number of nitrogens with one attached hydrogen (secondary N) is 1. The highest BCUT2D eigenvalue weighted by Gasteiger charge is 2.32. The van der Waals surface area contributed by atoms with Gasteiger partial charge in [0.15, 0.2) is 0 Å². The van der Waals surface area contributed by atoms with Crippen LogP contribution in [0.4, 0.5) is 14.9 Å². The van der Waals surface area contributed by atoms with Crippen LogP contribution in [0.2, 0.25) is 0 Å². The number of ether oxygens (including phenoxy) is 1. The van der Waals surface area contributed by atoms with E-state index in [1.165, 1.54) is 17.9 Å². The molecule has 5 rings (SSSR count). The Morgan fingerprint density at radius 1 is 1.27 bits per heavy atom. The Hall–Kier alpha value is -4.28. The second kappa shape index (κ2) is 8.34. The Kier molecular flexibility index (Phi) is 5.21. The lowest BCUT2D eigenvalue weighted by atomic mass is 10.1. The molecule has 168 valence electrons. The quantitative estimate of drug-likeness (QED) is 0.484. The number of benzene rings is 1. The molecule has 1 aromatic carbocycles. The average Bonchev–Trinajstić information content (AvgIpc) is 3.51. The summed E-state index contributed by atoms with van der Waals surface area (Å²) in [4.78, 5) is 29.2. The number of fused-ring (bicyclic) bond motifs is 1. The number of amides is 2. The van der Waals surface area contributed by atoms with Crippen molar-refractivity contribution in [2.75, 3.05) is 18.0 Å². The number of anilines is 1. The van der Waals surface area contributed by atoms with Gasteiger partial charge in [-0.25, -0.2) is 18.9 Å². The van der Waals surface area contributed by atoms with Gasteiger partial charge in [-0.2, -0.15) is 0 Å². The summed E-state index contributed by atoms with van der Waals surface area (Å²) in [5.74, 6) is -0.673. The van der Waals surface area contributed by atoms with E-state index < -0.39 is 18.0 Å². The number of pyridine rings is 1. The van der Waals surface area contributed by atoms with Crippen molar-refractivity contribution < 1.29 is 18.7 Å². The van der Waals surface area contributed by atoms with Crippen LogP contribution in [0.3, 0.4) is 0 Å². The van der Waals surface area contributed by atoms with Crippen LogP contribution >= 0.6 is 0 Å². The highest BCUT2D eigenvalue weighted by atomic mass is 19.1. The molecule has 3 aromatic heterocycles. The maximum atomic E-state index is 15.0. The Balaban J connectivity index is 1.35. The SMILES string of the molecule is CC(=O)NC[C@H]1CN(c2ccc(-c3ccc4nc(Cn5ccnn5)cn4c3)c(F)c2)C(=O)O1. The molecule has 1 N–H and O–H groups in total. The van der Waals surface area contributed by atoms with Gasteiger partial charge in [-0.05, 0) is 30.3 Å². The van der Waals surface area contributed by atoms with Crippen LogP contribution in [0.1, 0.15) is 12.6 Å². The second-order valence-corrected chi connectivity index (χ2v) is 7.73. The number of rotatable bonds is 6. The number of carbonyl (C=O) groups is 2. The summed E-state index contributed by atoms with van der Waals surface area (Å²) in [6, 6.07) is 8.24. The van der Waals surface area contributed by atoms with Gasteiger partial charge in [-0.15, -0.1) is 5.10 Å². The monoisotopic (exact) mass is 449 g/mol. The predicted octanol–water partition coefficient (Wildman–Crippen LogP) is 2.24. The lowest BCUT2D eigenvalue weighted by molar-refractivity contribution is -0.119. The minimum atomic E-state index is -0.572. The molecule has 4 aromatic rings. The maximum Gasteiger partial charge on any atom is 0.414 e. The molecule has 0 aliphatic carbocycles. The molecule has 0 saturated carbocycles. The molecule has 0 spiro atoms. The lowest BCUT2D eigenvalue weighted by Crippen LogP contribution is -2.33. The number of nitrogens with zero attached hydrogens (tertiary/aromatic N) is 6. The number of hydrogen-bond acceptors (Lipinski definition) is 6. The normalized spacial score (nSPS) is 15.8. The summed E-state index contributed by atoms with van der Waals surface area (Å²) >= 11 is 0. The van der Waals surface area contributed by atoms with E-state index in [9.17, 15) is 9.59 Å². The van der Waals surface area contributed by atoms with Crippen molar-refractivity contribution in [3.05, 3.63) is 66.6 Å². The molecule has 1 saturated heterocycles. The molecule has 1 fully saturated rings. The molecular weight excluding hydrogens is 429 g/mol. The largest absolute Gasteiger partial charge is 0.442 e. The zero-order chi connectivity index (χ0) is 22.9. The van der Waals surface area contributed by atoms with E-state index in [0.29, 0.717) is 23.4 Å². The highest BCUT2D eigenvalue weighted by Crippen LogP contribution is 2.29. The Bertz CT molecular complexity index is 1340. The third-order valence-corrected chi connectivity index (χ3v) is 5.32. The zero-order valence-corrected chi connectivity index (χ0v) is 17.7. The van der Waals surface area contributed by atoms with Gasteiger partial charge in [-0.3, -0.25) is 9.69 Å². The van der Waals surface area contributed by atoms with E-state index in [1.54, 1.807) is 41.5 Å². The van der Waals surface area contributed by atoms with Crippen LogP contribution in [0, 0.1) is 5.82 Å². The standard InChI is InChI=1S/C22H20FN7O3/c1-14(31)24-9-18-13-30(22(32)33-18)17-3-4-19(20(23)8-17)15-2-5-21-26-16(11-28(21)10-15)12-29-7-6-25-27-29/h2-8,10-11,18H,9,12-13H2,1H3,(H,24,31)/t18-/m0/s1. The summed E-state index contributed by atoms with van der Waals surface area (Å²) in [5.41, 5.74) is 2.99. The minimum Gasteiger partial charge on any atom is -0.442 e. The van der Waals surface area contributed by atoms with Crippen LogP contribution < -0.4 is 10.2 Å². The third kappa shape index (κ3) is 4.25. The van der Waals surface area contributed by atoms with E-state index in [2.05, 4.69) is 20.6 Å². The molecule has 1 aliphatic heterocycles. The van der Waals surface area contributed by atoms with E-state index in [-0.39, 0.29) is 19.0 Å². The second-order valence-electron chi connectivity index (χ2n) is 7.73. The third-order valence-electron chi connectivity index (χ3n) is 5.32.